The van der Waals surface area contributed by atoms with Crippen LogP contribution < -0.4 is 10.2 Å². The number of para-hydroxylation sites is 1. The van der Waals surface area contributed by atoms with E-state index in [1.165, 1.54) is 18.0 Å². The lowest BCUT2D eigenvalue weighted by Crippen LogP contribution is -2.58. The van der Waals surface area contributed by atoms with Gasteiger partial charge in [-0.05, 0) is 55.5 Å². The Balaban J connectivity index is 1.84. The number of benzene rings is 2. The van der Waals surface area contributed by atoms with Crippen LogP contribution in [0.3, 0.4) is 0 Å². The van der Waals surface area contributed by atoms with Crippen LogP contribution in [0.2, 0.25) is 0 Å². The molecule has 2 amide bonds. The molecule has 1 N–H and O–H groups in total. The molecule has 2 aromatic rings. The zero-order chi connectivity index (χ0) is 18.7. The molecule has 0 saturated carbocycles. The number of nitrogens with one attached hydrogen (secondary N) is 1. The maximum Gasteiger partial charge on any atom is 0.251 e. The van der Waals surface area contributed by atoms with Crippen molar-refractivity contribution in [2.75, 3.05) is 4.90 Å². The van der Waals surface area contributed by atoms with Crippen molar-refractivity contribution < 1.29 is 14.4 Å². The topological polar surface area (TPSA) is 78.8 Å². The Labute approximate surface area is 155 Å². The Morgan fingerprint density at radius 1 is 1.12 bits per heavy atom. The summed E-state index contributed by atoms with van der Waals surface area (Å²) in [5, 5.41) is 2.57. The summed E-state index contributed by atoms with van der Waals surface area (Å²) in [6, 6.07) is 15.4. The summed E-state index contributed by atoms with van der Waals surface area (Å²) < 4.78 is 0. The van der Waals surface area contributed by atoms with Crippen LogP contribution >= 0.6 is 12.2 Å². The number of carbonyl (C=O) groups is 3. The van der Waals surface area contributed by atoms with Crippen LogP contribution in [-0.2, 0) is 9.59 Å². The Bertz CT molecular complexity index is 907. The molecule has 6 nitrogen and oxygen atoms in total. The summed E-state index contributed by atoms with van der Waals surface area (Å²) >= 11 is 5.13. The smallest absolute Gasteiger partial charge is 0.251 e. The fourth-order valence-corrected chi connectivity index (χ4v) is 2.78. The molecule has 0 aliphatic carbocycles. The number of hydrogen-bond acceptors (Lipinski definition) is 5. The van der Waals surface area contributed by atoms with E-state index in [2.05, 4.69) is 10.3 Å². The van der Waals surface area contributed by atoms with Gasteiger partial charge in [-0.25, -0.2) is 0 Å². The van der Waals surface area contributed by atoms with Crippen molar-refractivity contribution in [2.45, 2.75) is 6.92 Å². The molecule has 1 atom stereocenters. The third-order valence-electron chi connectivity index (χ3n) is 3.86. The van der Waals surface area contributed by atoms with E-state index in [-0.39, 0.29) is 10.9 Å². The zero-order valence-electron chi connectivity index (χ0n) is 13.9. The summed E-state index contributed by atoms with van der Waals surface area (Å²) in [7, 11) is 0. The van der Waals surface area contributed by atoms with E-state index in [0.29, 0.717) is 16.9 Å². The number of amides is 2. The maximum absolute atomic E-state index is 12.8. The first-order chi connectivity index (χ1) is 12.5. The maximum atomic E-state index is 12.8. The number of carbonyl (C=O) groups excluding carboxylic acids is 3. The van der Waals surface area contributed by atoms with Gasteiger partial charge in [-0.1, -0.05) is 18.2 Å². The summed E-state index contributed by atoms with van der Waals surface area (Å²) in [6.45, 7) is 1.48. The van der Waals surface area contributed by atoms with Crippen LogP contribution in [0.25, 0.3) is 0 Å². The van der Waals surface area contributed by atoms with Gasteiger partial charge in [0.05, 0.1) is 11.4 Å². The highest BCUT2D eigenvalue weighted by atomic mass is 32.1. The van der Waals surface area contributed by atoms with Crippen molar-refractivity contribution in [3.8, 4) is 0 Å². The first kappa shape index (κ1) is 17.6. The Hall–Kier alpha value is -3.19. The fraction of sp³-hybridized carbons (Fsp3) is 0.105. The van der Waals surface area contributed by atoms with Crippen LogP contribution in [0.15, 0.2) is 59.6 Å². The molecular formula is C19H15N3O3S. The molecule has 2 aromatic carbocycles. The van der Waals surface area contributed by atoms with E-state index in [9.17, 15) is 14.4 Å². The highest BCUT2D eigenvalue weighted by Crippen LogP contribution is 2.21. The van der Waals surface area contributed by atoms with Gasteiger partial charge in [-0.15, -0.1) is 0 Å². The van der Waals surface area contributed by atoms with Crippen molar-refractivity contribution in [3.05, 3.63) is 60.2 Å². The summed E-state index contributed by atoms with van der Waals surface area (Å²) in [4.78, 5) is 41.7. The van der Waals surface area contributed by atoms with Gasteiger partial charge in [-0.2, -0.15) is 0 Å². The minimum absolute atomic E-state index is 0.0432. The average molecular weight is 365 g/mol. The van der Waals surface area contributed by atoms with E-state index in [1.54, 1.807) is 48.5 Å². The molecule has 0 unspecified atom stereocenters. The van der Waals surface area contributed by atoms with Crippen molar-refractivity contribution >= 4 is 52.5 Å². The summed E-state index contributed by atoms with van der Waals surface area (Å²) in [5.74, 6) is -2.12. The lowest BCUT2D eigenvalue weighted by Gasteiger charge is -2.30. The van der Waals surface area contributed by atoms with E-state index >= 15 is 0 Å². The second kappa shape index (κ2) is 7.37. The molecule has 3 rings (SSSR count). The van der Waals surface area contributed by atoms with Crippen molar-refractivity contribution in [2.24, 2.45) is 10.9 Å². The van der Waals surface area contributed by atoms with Crippen LogP contribution in [-0.4, -0.2) is 28.9 Å². The summed E-state index contributed by atoms with van der Waals surface area (Å²) in [6.07, 6.45) is 1.29. The molecule has 0 bridgehead atoms. The number of aliphatic imine (C=N–C) groups is 1. The SMILES string of the molecule is CC(=O)c1ccc(N=C[C@@H]2C(=O)NC(=S)N(c3ccccc3)C2=O)cc1. The first-order valence-electron chi connectivity index (χ1n) is 7.86. The Kier molecular flexibility index (Phi) is 4.99. The molecule has 1 aliphatic rings. The van der Waals surface area contributed by atoms with E-state index in [4.69, 9.17) is 12.2 Å². The third-order valence-corrected chi connectivity index (χ3v) is 4.15. The lowest BCUT2D eigenvalue weighted by molar-refractivity contribution is -0.130. The van der Waals surface area contributed by atoms with Crippen molar-refractivity contribution in [1.29, 1.82) is 0 Å². The number of hydrogen-bond donors (Lipinski definition) is 1. The van der Waals surface area contributed by atoms with Gasteiger partial charge in [0.25, 0.3) is 5.91 Å². The molecule has 0 spiro atoms. The third kappa shape index (κ3) is 3.57. The number of ketones is 1. The molecule has 1 aliphatic heterocycles. The molecule has 0 aromatic heterocycles. The van der Waals surface area contributed by atoms with Gasteiger partial charge < -0.3 is 5.32 Å². The molecule has 7 heteroatoms. The quantitative estimate of drug-likeness (QED) is 0.391. The molecule has 130 valence electrons. The highest BCUT2D eigenvalue weighted by Gasteiger charge is 2.38. The van der Waals surface area contributed by atoms with E-state index < -0.39 is 17.7 Å². The molecule has 0 radical (unpaired) electrons. The lowest BCUT2D eigenvalue weighted by atomic mass is 10.1. The average Bonchev–Trinajstić information content (AvgIpc) is 2.62. The van der Waals surface area contributed by atoms with Crippen molar-refractivity contribution in [3.63, 3.8) is 0 Å². The predicted molar refractivity (Wildman–Crippen MR) is 103 cm³/mol. The first-order valence-corrected chi connectivity index (χ1v) is 8.27. The number of anilines is 1. The monoisotopic (exact) mass is 365 g/mol. The fourth-order valence-electron chi connectivity index (χ4n) is 2.49. The minimum Gasteiger partial charge on any atom is -0.301 e. The minimum atomic E-state index is -1.09. The van der Waals surface area contributed by atoms with Gasteiger partial charge in [0, 0.05) is 11.8 Å². The summed E-state index contributed by atoms with van der Waals surface area (Å²) in [5.41, 5.74) is 1.68. The van der Waals surface area contributed by atoms with Crippen LogP contribution in [0.4, 0.5) is 11.4 Å². The molecular weight excluding hydrogens is 350 g/mol. The standard InChI is InChI=1S/C19H15N3O3S/c1-12(23)13-7-9-14(10-8-13)20-11-16-17(24)21-19(26)22(18(16)25)15-5-3-2-4-6-15/h2-11,16H,1H3,(H,21,24,26)/t16-/m1/s1. The van der Waals surface area contributed by atoms with Gasteiger partial charge in [0.1, 0.15) is 0 Å². The Morgan fingerprint density at radius 2 is 1.77 bits per heavy atom. The van der Waals surface area contributed by atoms with Gasteiger partial charge in [0.2, 0.25) is 5.91 Å². The van der Waals surface area contributed by atoms with E-state index in [0.717, 1.165) is 0 Å². The van der Waals surface area contributed by atoms with Crippen molar-refractivity contribution in [1.82, 2.24) is 5.32 Å². The normalized spacial score (nSPS) is 17.5. The largest absolute Gasteiger partial charge is 0.301 e. The number of Topliss-reactive ketones (excluding diaryl/α,β-unsaturated/α-hetero) is 1. The second-order valence-electron chi connectivity index (χ2n) is 5.66. The van der Waals surface area contributed by atoms with Crippen LogP contribution in [0.1, 0.15) is 17.3 Å². The van der Waals surface area contributed by atoms with Gasteiger partial charge >= 0.3 is 0 Å². The highest BCUT2D eigenvalue weighted by molar-refractivity contribution is 7.80. The number of rotatable bonds is 4. The van der Waals surface area contributed by atoms with Gasteiger partial charge in [0.15, 0.2) is 16.8 Å². The van der Waals surface area contributed by atoms with Crippen LogP contribution in [0.5, 0.6) is 0 Å². The van der Waals surface area contributed by atoms with E-state index in [1.807, 2.05) is 6.07 Å². The van der Waals surface area contributed by atoms with Gasteiger partial charge in [-0.3, -0.25) is 24.3 Å². The number of nitrogens with zero attached hydrogens (tertiary/aromatic N) is 2. The molecule has 1 heterocycles. The zero-order valence-corrected chi connectivity index (χ0v) is 14.7. The number of thiocarbonyl (C=S) groups is 1. The molecule has 26 heavy (non-hydrogen) atoms. The van der Waals surface area contributed by atoms with Crippen LogP contribution in [0, 0.1) is 5.92 Å². The Morgan fingerprint density at radius 3 is 2.38 bits per heavy atom. The molecule has 1 saturated heterocycles. The second-order valence-corrected chi connectivity index (χ2v) is 6.05. The molecule has 1 fully saturated rings. The predicted octanol–water partition coefficient (Wildman–Crippen LogP) is 2.66.